The summed E-state index contributed by atoms with van der Waals surface area (Å²) in [4.78, 5) is 12.6. The molecule has 1 heterocycles. The molecule has 0 spiro atoms. The lowest BCUT2D eigenvalue weighted by atomic mass is 9.48. The quantitative estimate of drug-likeness (QED) is 0.900. The molecule has 0 unspecified atom stereocenters. The first-order chi connectivity index (χ1) is 9.49. The van der Waals surface area contributed by atoms with Crippen LogP contribution in [0.3, 0.4) is 0 Å². The highest BCUT2D eigenvalue weighted by atomic mass is 35.5. The second-order valence-electron chi connectivity index (χ2n) is 7.57. The SMILES string of the molecule is CC(C)n1cc(Cl)cc1C(=O)NC1C(C)(C)C(N)C1(C)C. The fourth-order valence-electron chi connectivity index (χ4n) is 3.81. The molecule has 3 N–H and O–H groups in total. The number of carbonyl (C=O) groups excluding carboxylic acids is 1. The lowest BCUT2D eigenvalue weighted by Crippen LogP contribution is -2.76. The molecule has 1 aromatic rings. The summed E-state index contributed by atoms with van der Waals surface area (Å²) in [5.74, 6) is -0.0892. The van der Waals surface area contributed by atoms with Crippen molar-refractivity contribution >= 4 is 17.5 Å². The molecule has 5 heteroatoms. The molecule has 1 aromatic heterocycles. The summed E-state index contributed by atoms with van der Waals surface area (Å²) in [6, 6.07) is 2.01. The van der Waals surface area contributed by atoms with Crippen LogP contribution in [-0.2, 0) is 0 Å². The van der Waals surface area contributed by atoms with E-state index in [9.17, 15) is 4.79 Å². The Kier molecular flexibility index (Phi) is 3.92. The van der Waals surface area contributed by atoms with Crippen molar-refractivity contribution in [2.75, 3.05) is 0 Å². The molecular weight excluding hydrogens is 286 g/mol. The topological polar surface area (TPSA) is 60.0 Å². The van der Waals surface area contributed by atoms with E-state index in [0.29, 0.717) is 10.7 Å². The molecule has 0 saturated heterocycles. The van der Waals surface area contributed by atoms with Gasteiger partial charge in [-0.1, -0.05) is 39.3 Å². The number of amides is 1. The fraction of sp³-hybridized carbons (Fsp3) is 0.688. The van der Waals surface area contributed by atoms with Crippen molar-refractivity contribution in [3.05, 3.63) is 23.0 Å². The molecule has 0 atom stereocenters. The van der Waals surface area contributed by atoms with E-state index in [1.807, 2.05) is 18.4 Å². The standard InChI is InChI=1S/C16H26ClN3O/c1-9(2)20-8-10(17)7-11(20)12(21)19-14-15(3,4)13(18)16(14,5)6/h7-9,13-14H,18H2,1-6H3,(H,19,21). The number of hydrogen-bond acceptors (Lipinski definition) is 2. The van der Waals surface area contributed by atoms with Gasteiger partial charge in [-0.2, -0.15) is 0 Å². The molecule has 1 amide bonds. The maximum absolute atomic E-state index is 12.6. The lowest BCUT2D eigenvalue weighted by Gasteiger charge is -2.62. The van der Waals surface area contributed by atoms with Crippen LogP contribution >= 0.6 is 11.6 Å². The second kappa shape index (κ2) is 5.03. The molecule has 0 aromatic carbocycles. The van der Waals surface area contributed by atoms with Crippen molar-refractivity contribution in [3.63, 3.8) is 0 Å². The summed E-state index contributed by atoms with van der Waals surface area (Å²) >= 11 is 6.05. The Balaban J connectivity index is 2.23. The minimum Gasteiger partial charge on any atom is -0.347 e. The van der Waals surface area contributed by atoms with Crippen molar-refractivity contribution in [3.8, 4) is 0 Å². The third-order valence-electron chi connectivity index (χ3n) is 4.97. The lowest BCUT2D eigenvalue weighted by molar-refractivity contribution is -0.0664. The Morgan fingerprint density at radius 1 is 1.33 bits per heavy atom. The number of carbonyl (C=O) groups is 1. The Morgan fingerprint density at radius 3 is 2.33 bits per heavy atom. The monoisotopic (exact) mass is 311 g/mol. The van der Waals surface area contributed by atoms with Crippen molar-refractivity contribution in [1.82, 2.24) is 9.88 Å². The zero-order valence-corrected chi connectivity index (χ0v) is 14.5. The van der Waals surface area contributed by atoms with Crippen LogP contribution < -0.4 is 11.1 Å². The van der Waals surface area contributed by atoms with Crippen molar-refractivity contribution in [2.45, 2.75) is 59.7 Å². The third-order valence-corrected chi connectivity index (χ3v) is 5.18. The van der Waals surface area contributed by atoms with E-state index in [1.165, 1.54) is 0 Å². The van der Waals surface area contributed by atoms with Crippen LogP contribution in [0.2, 0.25) is 5.02 Å². The number of hydrogen-bond donors (Lipinski definition) is 2. The van der Waals surface area contributed by atoms with Gasteiger partial charge < -0.3 is 15.6 Å². The first kappa shape index (κ1) is 16.4. The highest BCUT2D eigenvalue weighted by Gasteiger charge is 2.60. The zero-order chi connectivity index (χ0) is 16.2. The van der Waals surface area contributed by atoms with E-state index in [4.69, 9.17) is 17.3 Å². The first-order valence-electron chi connectivity index (χ1n) is 7.43. The number of halogens is 1. The molecule has 118 valence electrons. The van der Waals surface area contributed by atoms with Crippen LogP contribution in [0, 0.1) is 10.8 Å². The molecule has 1 saturated carbocycles. The van der Waals surface area contributed by atoms with E-state index in [-0.39, 0.29) is 34.9 Å². The Labute approximate surface area is 132 Å². The molecule has 1 aliphatic carbocycles. The highest BCUT2D eigenvalue weighted by molar-refractivity contribution is 6.31. The molecule has 0 radical (unpaired) electrons. The fourth-order valence-corrected chi connectivity index (χ4v) is 4.02. The number of nitrogens with one attached hydrogen (secondary N) is 1. The van der Waals surface area contributed by atoms with Crippen LogP contribution in [0.25, 0.3) is 0 Å². The second-order valence-corrected chi connectivity index (χ2v) is 8.01. The van der Waals surface area contributed by atoms with Crippen LogP contribution in [-0.4, -0.2) is 22.6 Å². The maximum Gasteiger partial charge on any atom is 0.268 e. The summed E-state index contributed by atoms with van der Waals surface area (Å²) in [7, 11) is 0. The van der Waals surface area contributed by atoms with Gasteiger partial charge in [-0.15, -0.1) is 0 Å². The third kappa shape index (κ3) is 2.49. The van der Waals surface area contributed by atoms with Gasteiger partial charge in [0.1, 0.15) is 5.69 Å². The first-order valence-corrected chi connectivity index (χ1v) is 7.81. The molecule has 4 nitrogen and oxygen atoms in total. The van der Waals surface area contributed by atoms with E-state index in [0.717, 1.165) is 0 Å². The smallest absolute Gasteiger partial charge is 0.268 e. The summed E-state index contributed by atoms with van der Waals surface area (Å²) in [6.45, 7) is 12.5. The Bertz CT molecular complexity index is 544. The van der Waals surface area contributed by atoms with Gasteiger partial charge in [-0.3, -0.25) is 4.79 Å². The zero-order valence-electron chi connectivity index (χ0n) is 13.7. The molecule has 1 fully saturated rings. The predicted octanol–water partition coefficient (Wildman–Crippen LogP) is 3.21. The number of nitrogens with zero attached hydrogens (tertiary/aromatic N) is 1. The van der Waals surface area contributed by atoms with Gasteiger partial charge in [-0.05, 0) is 19.9 Å². The van der Waals surface area contributed by atoms with E-state index in [2.05, 4.69) is 33.0 Å². The predicted molar refractivity (Wildman–Crippen MR) is 86.6 cm³/mol. The Hall–Kier alpha value is -1.00. The maximum atomic E-state index is 12.6. The van der Waals surface area contributed by atoms with Crippen molar-refractivity contribution < 1.29 is 4.79 Å². The van der Waals surface area contributed by atoms with Crippen molar-refractivity contribution in [2.24, 2.45) is 16.6 Å². The van der Waals surface area contributed by atoms with Gasteiger partial charge in [0.25, 0.3) is 5.91 Å². The molecule has 0 aliphatic heterocycles. The summed E-state index contributed by atoms with van der Waals surface area (Å²) in [5, 5.41) is 3.73. The number of nitrogens with two attached hydrogens (primary N) is 1. The van der Waals surface area contributed by atoms with Gasteiger partial charge in [0, 0.05) is 35.2 Å². The molecular formula is C16H26ClN3O. The van der Waals surface area contributed by atoms with Gasteiger partial charge in [0.05, 0.1) is 5.02 Å². The minimum atomic E-state index is -0.113. The van der Waals surface area contributed by atoms with Gasteiger partial charge in [0.15, 0.2) is 0 Å². The van der Waals surface area contributed by atoms with Crippen molar-refractivity contribution in [1.29, 1.82) is 0 Å². The van der Waals surface area contributed by atoms with Gasteiger partial charge in [-0.25, -0.2) is 0 Å². The summed E-state index contributed by atoms with van der Waals surface area (Å²) in [6.07, 6.45) is 1.80. The van der Waals surface area contributed by atoms with E-state index >= 15 is 0 Å². The number of rotatable bonds is 3. The largest absolute Gasteiger partial charge is 0.347 e. The van der Waals surface area contributed by atoms with Crippen LogP contribution in [0.4, 0.5) is 0 Å². The summed E-state index contributed by atoms with van der Waals surface area (Å²) in [5.41, 5.74) is 6.62. The molecule has 2 rings (SSSR count). The molecule has 21 heavy (non-hydrogen) atoms. The highest BCUT2D eigenvalue weighted by Crippen LogP contribution is 2.52. The Morgan fingerprint density at radius 2 is 1.86 bits per heavy atom. The van der Waals surface area contributed by atoms with Gasteiger partial charge >= 0.3 is 0 Å². The van der Waals surface area contributed by atoms with Crippen LogP contribution in [0.5, 0.6) is 0 Å². The normalized spacial score (nSPS) is 26.5. The minimum absolute atomic E-state index is 0.0433. The van der Waals surface area contributed by atoms with E-state index in [1.54, 1.807) is 12.3 Å². The van der Waals surface area contributed by atoms with Crippen LogP contribution in [0.1, 0.15) is 58.1 Å². The average Bonchev–Trinajstić information content (AvgIpc) is 2.76. The van der Waals surface area contributed by atoms with E-state index < -0.39 is 0 Å². The average molecular weight is 312 g/mol. The summed E-state index contributed by atoms with van der Waals surface area (Å²) < 4.78 is 1.90. The van der Waals surface area contributed by atoms with Gasteiger partial charge in [0.2, 0.25) is 0 Å². The van der Waals surface area contributed by atoms with Crippen LogP contribution in [0.15, 0.2) is 12.3 Å². The molecule has 1 aliphatic rings. The molecule has 0 bridgehead atoms. The number of aromatic nitrogens is 1.